The molecule has 59 heavy (non-hydrogen) atoms. The minimum absolute atomic E-state index is 0.0000693. The quantitative estimate of drug-likeness (QED) is 0.237. The highest BCUT2D eigenvalue weighted by Crippen LogP contribution is 2.45. The van der Waals surface area contributed by atoms with Crippen LogP contribution in [0.15, 0.2) is 47.9 Å². The molecule has 4 aliphatic heterocycles. The van der Waals surface area contributed by atoms with Gasteiger partial charge in [-0.2, -0.15) is 5.10 Å². The molecular weight excluding hydrogens is 761 g/mol. The van der Waals surface area contributed by atoms with Crippen molar-refractivity contribution in [3.63, 3.8) is 0 Å². The van der Waals surface area contributed by atoms with Crippen LogP contribution in [0.2, 0.25) is 0 Å². The van der Waals surface area contributed by atoms with Crippen molar-refractivity contribution in [2.75, 3.05) is 27.3 Å². The summed E-state index contributed by atoms with van der Waals surface area (Å²) >= 11 is 0. The number of hydrogen-bond donors (Lipinski definition) is 0. The number of fused-ring (bicyclic) bond motifs is 5. The van der Waals surface area contributed by atoms with E-state index in [2.05, 4.69) is 10.3 Å². The van der Waals surface area contributed by atoms with E-state index in [9.17, 15) is 14.4 Å². The average Bonchev–Trinajstić information content (AvgIpc) is 3.82. The summed E-state index contributed by atoms with van der Waals surface area (Å²) in [4.78, 5) is 48.9. The fraction of sp³-hybridized carbons (Fsp3) is 0.705. The zero-order chi connectivity index (χ0) is 42.8. The number of esters is 2. The third kappa shape index (κ3) is 9.60. The number of ketones is 1. The first-order valence-corrected chi connectivity index (χ1v) is 21.0. The molecule has 4 bridgehead atoms. The van der Waals surface area contributed by atoms with Gasteiger partial charge in [-0.1, -0.05) is 45.0 Å². The fourth-order valence-corrected chi connectivity index (χ4v) is 9.66. The molecule has 4 fully saturated rings. The Hall–Kier alpha value is -3.73. The molecule has 3 unspecified atom stereocenters. The number of oxime groups is 1. The predicted molar refractivity (Wildman–Crippen MR) is 216 cm³/mol. The predicted octanol–water partition coefficient (Wildman–Crippen LogP) is 5.30. The van der Waals surface area contributed by atoms with E-state index >= 15 is 0 Å². The van der Waals surface area contributed by atoms with Gasteiger partial charge >= 0.3 is 11.9 Å². The number of carbonyl (C=O) groups excluding carboxylic acids is 3. The number of likely N-dealkylation sites (N-methyl/N-ethyl adjacent to an activating group) is 1. The highest BCUT2D eigenvalue weighted by Gasteiger charge is 2.59. The largest absolute Gasteiger partial charge is 0.459 e. The number of benzene rings is 1. The third-order valence-electron chi connectivity index (χ3n) is 12.7. The summed E-state index contributed by atoms with van der Waals surface area (Å²) in [7, 11) is 3.87. The van der Waals surface area contributed by atoms with Crippen molar-refractivity contribution in [2.45, 2.75) is 148 Å². The van der Waals surface area contributed by atoms with E-state index in [4.69, 9.17) is 38.0 Å². The van der Waals surface area contributed by atoms with E-state index in [1.54, 1.807) is 24.7 Å². The van der Waals surface area contributed by atoms with E-state index in [0.29, 0.717) is 25.0 Å². The van der Waals surface area contributed by atoms with Gasteiger partial charge in [0.05, 0.1) is 60.9 Å². The van der Waals surface area contributed by atoms with Gasteiger partial charge in [0, 0.05) is 31.2 Å². The number of aromatic nitrogens is 2. The lowest BCUT2D eigenvalue weighted by atomic mass is 9.75. The highest BCUT2D eigenvalue weighted by molar-refractivity contribution is 5.92. The summed E-state index contributed by atoms with van der Waals surface area (Å²) in [6, 6.07) is 9.46. The summed E-state index contributed by atoms with van der Waals surface area (Å²) in [5, 5.41) is 8.87. The van der Waals surface area contributed by atoms with Crippen LogP contribution in [0, 0.1) is 23.7 Å². The second kappa shape index (κ2) is 18.5. The van der Waals surface area contributed by atoms with Crippen LogP contribution in [0.1, 0.15) is 87.1 Å². The van der Waals surface area contributed by atoms with Crippen molar-refractivity contribution in [1.82, 2.24) is 14.7 Å². The maximum Gasteiger partial charge on any atom is 0.311 e. The van der Waals surface area contributed by atoms with Crippen LogP contribution < -0.4 is 0 Å². The molecule has 15 nitrogen and oxygen atoms in total. The van der Waals surface area contributed by atoms with E-state index in [1.165, 1.54) is 6.92 Å². The standard InChI is InChI=1S/C44H64N4O11/c1-12-35-44(9)39(50)27(4)36(59-44)25(2)21-43(8)40(58-42-38(56-30(7)49)34(47(10)11)19-26(3)55-42)28(5)37(29(6)41(51)57-35)52-23-32(24-53-43)46-54-22-31-15-13-16-33(20-31)48-18-14-17-45-48/h13-18,20,25-29,34-38,40,42H,12,19,21-24H2,1-11H3/b46-32+/t25-,26-,27?,28-,29-,34+,35-,36?,37+,38-,40-,42+,43-,44?/m1/s1. The summed E-state index contributed by atoms with van der Waals surface area (Å²) in [6.45, 7) is 16.8. The van der Waals surface area contributed by atoms with Gasteiger partial charge in [-0.3, -0.25) is 14.4 Å². The second-order valence-corrected chi connectivity index (χ2v) is 17.6. The second-order valence-electron chi connectivity index (χ2n) is 17.6. The van der Waals surface area contributed by atoms with E-state index in [1.807, 2.05) is 97.1 Å². The summed E-state index contributed by atoms with van der Waals surface area (Å²) < 4.78 is 48.0. The van der Waals surface area contributed by atoms with Crippen molar-refractivity contribution < 1.29 is 52.4 Å². The minimum Gasteiger partial charge on any atom is -0.459 e. The van der Waals surface area contributed by atoms with Crippen LogP contribution in [0.4, 0.5) is 0 Å². The zero-order valence-corrected chi connectivity index (χ0v) is 36.5. The van der Waals surface area contributed by atoms with Crippen molar-refractivity contribution >= 4 is 23.4 Å². The van der Waals surface area contributed by atoms with Crippen molar-refractivity contribution in [3.8, 4) is 5.69 Å². The first kappa shape index (κ1) is 44.8. The molecule has 14 atom stereocenters. The number of carbonyl (C=O) groups is 3. The maximum atomic E-state index is 14.3. The molecule has 2 aromatic rings. The minimum atomic E-state index is -1.33. The van der Waals surface area contributed by atoms with Gasteiger partial charge in [-0.15, -0.1) is 0 Å². The molecule has 0 saturated carbocycles. The Morgan fingerprint density at radius 2 is 1.81 bits per heavy atom. The molecule has 4 saturated heterocycles. The summed E-state index contributed by atoms with van der Waals surface area (Å²) in [6.07, 6.45) is 0.0190. The zero-order valence-electron chi connectivity index (χ0n) is 36.5. The molecule has 4 aliphatic rings. The van der Waals surface area contributed by atoms with Gasteiger partial charge in [0.25, 0.3) is 0 Å². The fourth-order valence-electron chi connectivity index (χ4n) is 9.66. The topological polar surface area (TPSA) is 158 Å². The van der Waals surface area contributed by atoms with Crippen LogP contribution in [-0.2, 0) is 59.0 Å². The molecule has 0 N–H and O–H groups in total. The Kier molecular flexibility index (Phi) is 14.0. The number of Topliss-reactive ketones (excluding diaryl/α,β-unsaturated/α-hetero) is 1. The lowest BCUT2D eigenvalue weighted by molar-refractivity contribution is -0.305. The Bertz CT molecular complexity index is 1810. The molecule has 1 aromatic carbocycles. The Labute approximate surface area is 348 Å². The number of rotatable bonds is 9. The first-order valence-electron chi connectivity index (χ1n) is 21.0. The van der Waals surface area contributed by atoms with Gasteiger partial charge in [-0.05, 0) is 90.7 Å². The summed E-state index contributed by atoms with van der Waals surface area (Å²) in [5.41, 5.74) is -0.228. The lowest BCUT2D eigenvalue weighted by Crippen LogP contribution is -2.60. The van der Waals surface area contributed by atoms with Crippen LogP contribution in [-0.4, -0.2) is 126 Å². The van der Waals surface area contributed by atoms with Gasteiger partial charge in [-0.25, -0.2) is 4.68 Å². The number of ether oxygens (including phenoxy) is 7. The van der Waals surface area contributed by atoms with Crippen LogP contribution in [0.3, 0.4) is 0 Å². The monoisotopic (exact) mass is 824 g/mol. The van der Waals surface area contributed by atoms with Crippen LogP contribution in [0.5, 0.6) is 0 Å². The molecular formula is C44H64N4O11. The molecule has 1 aromatic heterocycles. The van der Waals surface area contributed by atoms with E-state index in [0.717, 1.165) is 11.3 Å². The summed E-state index contributed by atoms with van der Waals surface area (Å²) in [5.74, 6) is -3.18. The van der Waals surface area contributed by atoms with Crippen molar-refractivity contribution in [3.05, 3.63) is 48.3 Å². The van der Waals surface area contributed by atoms with Crippen LogP contribution >= 0.6 is 0 Å². The molecule has 0 aliphatic carbocycles. The third-order valence-corrected chi connectivity index (χ3v) is 12.7. The number of cyclic esters (lactones) is 1. The molecule has 5 heterocycles. The molecule has 0 amide bonds. The Morgan fingerprint density at radius 1 is 1.05 bits per heavy atom. The van der Waals surface area contributed by atoms with Crippen LogP contribution in [0.25, 0.3) is 5.69 Å². The van der Waals surface area contributed by atoms with Crippen molar-refractivity contribution in [2.24, 2.45) is 28.8 Å². The smallest absolute Gasteiger partial charge is 0.311 e. The SMILES string of the molecule is CC[C@H]1OC(=O)[C@H](C)[C@H]2OC/C(=N\OCc3cccc(-n4cccn4)c3)CO[C@](C)(C[C@@H](C)C3OC1(C)C(=O)C3C)[C@H](O[C@@H]1O[C@H](C)C[C@H](N(C)C)[C@H]1OC(C)=O)[C@@H]2C. The van der Waals surface area contributed by atoms with Gasteiger partial charge < -0.3 is 42.9 Å². The number of nitrogens with zero attached hydrogens (tertiary/aromatic N) is 4. The molecule has 0 radical (unpaired) electrons. The Balaban J connectivity index is 1.40. The van der Waals surface area contributed by atoms with Crippen molar-refractivity contribution in [1.29, 1.82) is 0 Å². The van der Waals surface area contributed by atoms with Gasteiger partial charge in [0.1, 0.15) is 18.4 Å². The van der Waals surface area contributed by atoms with Gasteiger partial charge in [0.2, 0.25) is 0 Å². The van der Waals surface area contributed by atoms with Gasteiger partial charge in [0.15, 0.2) is 23.8 Å². The Morgan fingerprint density at radius 3 is 2.49 bits per heavy atom. The highest BCUT2D eigenvalue weighted by atomic mass is 16.7. The lowest BCUT2D eigenvalue weighted by Gasteiger charge is -2.48. The normalized spacial score (nSPS) is 39.0. The van der Waals surface area contributed by atoms with E-state index in [-0.39, 0.29) is 43.7 Å². The first-order chi connectivity index (χ1) is 27.9. The number of hydrogen-bond acceptors (Lipinski definition) is 14. The van der Waals surface area contributed by atoms with E-state index < -0.39 is 77.7 Å². The maximum absolute atomic E-state index is 14.3. The molecule has 15 heteroatoms. The molecule has 0 spiro atoms. The average molecular weight is 825 g/mol. The molecule has 326 valence electrons. The molecule has 6 rings (SSSR count).